The predicted octanol–water partition coefficient (Wildman–Crippen LogP) is 13.3. The van der Waals surface area contributed by atoms with Crippen molar-refractivity contribution in [2.45, 2.75) is 103 Å². The van der Waals surface area contributed by atoms with E-state index >= 15 is 8.78 Å². The molecule has 0 radical (unpaired) electrons. The van der Waals surface area contributed by atoms with Gasteiger partial charge in [0.1, 0.15) is 23.1 Å². The van der Waals surface area contributed by atoms with Gasteiger partial charge in [-0.1, -0.05) is 70.7 Å². The van der Waals surface area contributed by atoms with Crippen LogP contribution < -0.4 is 30.7 Å². The van der Waals surface area contributed by atoms with Crippen LogP contribution in [-0.4, -0.2) is 164 Å². The SMILES string of the molecule is COc1cc(-c2nccc(-c3cccc(NC(=O)c4nc5c(n4C)CCN(CCCF)C5)c3Cl)c2Cl)cc(F)c1CNC1CCN(C(C)=O)CC1.COc1cc(-c2nccc(-c3cccc(NC(=O)c4nc5c(n4C)CCN(CCCF)C5)c3Cl)c2Cl)cc(F)c1CNC1CCN(C(C)=O)CC1. The maximum atomic E-state index is 15.7. The number of carbonyl (C=O) groups is 4. The van der Waals surface area contributed by atoms with E-state index in [0.29, 0.717) is 144 Å². The largest absolute Gasteiger partial charge is 0.496 e. The van der Waals surface area contributed by atoms with Crippen molar-refractivity contribution >= 4 is 81.4 Å². The first-order chi connectivity index (χ1) is 49.2. The quantitative estimate of drug-likeness (QED) is 0.0466. The van der Waals surface area contributed by atoms with Crippen LogP contribution in [0.3, 0.4) is 0 Å². The van der Waals surface area contributed by atoms with E-state index in [4.69, 9.17) is 55.9 Å². The van der Waals surface area contributed by atoms with Crippen LogP contribution in [-0.2, 0) is 62.7 Å². The molecule has 0 bridgehead atoms. The lowest BCUT2D eigenvalue weighted by atomic mass is 10.0. The number of aromatic nitrogens is 6. The van der Waals surface area contributed by atoms with Gasteiger partial charge in [-0.3, -0.25) is 47.7 Å². The summed E-state index contributed by atoms with van der Waals surface area (Å²) >= 11 is 27.7. The lowest BCUT2D eigenvalue weighted by molar-refractivity contribution is -0.130. The van der Waals surface area contributed by atoms with Crippen molar-refractivity contribution in [3.05, 3.63) is 162 Å². The van der Waals surface area contributed by atoms with Crippen molar-refractivity contribution < 1.29 is 46.2 Å². The highest BCUT2D eigenvalue weighted by atomic mass is 35.5. The van der Waals surface area contributed by atoms with E-state index in [2.05, 4.69) is 51.0 Å². The number of fused-ring (bicyclic) bond motifs is 2. The first-order valence-electron chi connectivity index (χ1n) is 34.0. The predicted molar refractivity (Wildman–Crippen MR) is 389 cm³/mol. The number of likely N-dealkylation sites (tertiary alicyclic amines) is 2. The van der Waals surface area contributed by atoms with E-state index in [1.807, 2.05) is 23.9 Å². The van der Waals surface area contributed by atoms with E-state index in [-0.39, 0.29) is 82.1 Å². The summed E-state index contributed by atoms with van der Waals surface area (Å²) in [6.07, 6.45) is 8.65. The van der Waals surface area contributed by atoms with Crippen molar-refractivity contribution in [2.75, 3.05) is 90.6 Å². The summed E-state index contributed by atoms with van der Waals surface area (Å²) in [6.45, 7) is 9.57. The molecule has 4 aliphatic rings. The number of amides is 4. The molecule has 0 unspecified atom stereocenters. The van der Waals surface area contributed by atoms with Crippen LogP contribution in [0.2, 0.25) is 20.1 Å². The number of halogens is 8. The molecule has 20 nitrogen and oxygen atoms in total. The molecule has 4 N–H and O–H groups in total. The second-order valence-corrected chi connectivity index (χ2v) is 27.3. The van der Waals surface area contributed by atoms with Gasteiger partial charge in [0, 0.05) is 200 Å². The molecule has 4 amide bonds. The number of alkyl halides is 2. The molecule has 8 aromatic rings. The van der Waals surface area contributed by atoms with Crippen LogP contribution >= 0.6 is 46.4 Å². The minimum Gasteiger partial charge on any atom is -0.496 e. The number of anilines is 2. The summed E-state index contributed by atoms with van der Waals surface area (Å²) < 4.78 is 71.6. The van der Waals surface area contributed by atoms with E-state index in [0.717, 1.165) is 74.4 Å². The number of nitrogens with one attached hydrogen (secondary N) is 4. The second kappa shape index (κ2) is 33.9. The van der Waals surface area contributed by atoms with Crippen LogP contribution in [0.25, 0.3) is 44.8 Å². The second-order valence-electron chi connectivity index (χ2n) is 25.8. The number of methoxy groups -OCH3 is 2. The molecule has 0 aliphatic carbocycles. The molecule has 540 valence electrons. The van der Waals surface area contributed by atoms with Gasteiger partial charge in [-0.25, -0.2) is 18.7 Å². The van der Waals surface area contributed by atoms with Gasteiger partial charge in [0.15, 0.2) is 11.6 Å². The standard InChI is InChI=1S/2C37H41Cl2F2N7O3/c2*1-22(49)48-16-9-24(10-17-48)43-20-27-28(41)18-23(19-32(27)51-3)35-34(39)26(8-13-42-35)25-6-4-7-29(33(25)38)45-37(50)36-44-30-21-47(14-5-12-40)15-11-31(30)46(36)2/h2*4,6-8,13,18-19,24,43H,5,9-12,14-17,20-21H2,1-3H3,(H,45,50). The number of ether oxygens (including phenoxy) is 2. The Morgan fingerprint density at radius 2 is 0.922 bits per heavy atom. The number of benzene rings is 4. The van der Waals surface area contributed by atoms with Crippen molar-refractivity contribution in [1.82, 2.24) is 59.3 Å². The highest BCUT2D eigenvalue weighted by molar-refractivity contribution is 6.40. The molecule has 28 heteroatoms. The van der Waals surface area contributed by atoms with Crippen LogP contribution in [0.5, 0.6) is 11.5 Å². The molecule has 12 rings (SSSR count). The third-order valence-corrected chi connectivity index (χ3v) is 21.0. The molecule has 0 atom stereocenters. The van der Waals surface area contributed by atoms with Crippen molar-refractivity contribution in [3.8, 4) is 56.3 Å². The topological polar surface area (TPSA) is 209 Å². The summed E-state index contributed by atoms with van der Waals surface area (Å²) in [5, 5.41) is 13.7. The van der Waals surface area contributed by atoms with E-state index in [1.165, 1.54) is 26.4 Å². The average Bonchev–Trinajstić information content (AvgIpc) is 1.61. The monoisotopic (exact) mass is 1480 g/mol. The Morgan fingerprint density at radius 1 is 0.539 bits per heavy atom. The fourth-order valence-electron chi connectivity index (χ4n) is 13.7. The molecule has 4 aliphatic heterocycles. The van der Waals surface area contributed by atoms with Crippen LogP contribution in [0.1, 0.15) is 108 Å². The molecule has 4 aromatic heterocycles. The van der Waals surface area contributed by atoms with Crippen molar-refractivity contribution in [2.24, 2.45) is 14.1 Å². The number of carbonyl (C=O) groups excluding carboxylic acids is 4. The number of pyridine rings is 2. The maximum Gasteiger partial charge on any atom is 0.291 e. The van der Waals surface area contributed by atoms with Crippen LogP contribution in [0, 0.1) is 11.6 Å². The normalized spacial score (nSPS) is 15.2. The Morgan fingerprint density at radius 3 is 1.28 bits per heavy atom. The zero-order chi connectivity index (χ0) is 72.5. The molecule has 2 saturated heterocycles. The van der Waals surface area contributed by atoms with Crippen LogP contribution in [0.15, 0.2) is 85.2 Å². The Kier molecular flexibility index (Phi) is 24.9. The lowest BCUT2D eigenvalue weighted by Crippen LogP contribution is -2.44. The molecule has 0 saturated carbocycles. The number of piperidine rings is 2. The molecule has 102 heavy (non-hydrogen) atoms. The minimum atomic E-state index is -0.465. The van der Waals surface area contributed by atoms with Gasteiger partial charge in [0.05, 0.1) is 81.8 Å². The summed E-state index contributed by atoms with van der Waals surface area (Å²) in [6, 6.07) is 20.4. The highest BCUT2D eigenvalue weighted by Gasteiger charge is 2.31. The molecular formula is C74H82Cl4F4N14O6. The van der Waals surface area contributed by atoms with Crippen molar-refractivity contribution in [3.63, 3.8) is 0 Å². The van der Waals surface area contributed by atoms with Gasteiger partial charge >= 0.3 is 0 Å². The molecule has 8 heterocycles. The Hall–Kier alpha value is -8.20. The average molecular weight is 1480 g/mol. The Labute approximate surface area is 610 Å². The van der Waals surface area contributed by atoms with Crippen LogP contribution in [0.4, 0.5) is 28.9 Å². The fraction of sp³-hybridized carbons (Fsp3) is 0.405. The minimum absolute atomic E-state index is 0.0642. The molecule has 4 aromatic carbocycles. The summed E-state index contributed by atoms with van der Waals surface area (Å²) in [5.74, 6) is -0.412. The van der Waals surface area contributed by atoms with Gasteiger partial charge < -0.3 is 49.7 Å². The molecule has 0 spiro atoms. The Balaban J connectivity index is 0.000000205. The summed E-state index contributed by atoms with van der Waals surface area (Å²) in [7, 11) is 6.61. The zero-order valence-electron chi connectivity index (χ0n) is 57.7. The molecular weight excluding hydrogens is 1400 g/mol. The van der Waals surface area contributed by atoms with Gasteiger partial charge in [0.2, 0.25) is 11.8 Å². The van der Waals surface area contributed by atoms with E-state index in [1.54, 1.807) is 96.0 Å². The summed E-state index contributed by atoms with van der Waals surface area (Å²) in [4.78, 5) is 76.4. The third-order valence-electron chi connectivity index (χ3n) is 19.5. The zero-order valence-corrected chi connectivity index (χ0v) is 60.8. The number of imidazole rings is 2. The van der Waals surface area contributed by atoms with Gasteiger partial charge in [0.25, 0.3) is 11.8 Å². The fourth-order valence-corrected chi connectivity index (χ4v) is 14.9. The third kappa shape index (κ3) is 16.9. The van der Waals surface area contributed by atoms with Gasteiger partial charge in [-0.05, 0) is 87.1 Å². The Bertz CT molecular complexity index is 4140. The first kappa shape index (κ1) is 75.0. The number of hydrogen-bond donors (Lipinski definition) is 4. The number of nitrogens with zero attached hydrogens (tertiary/aromatic N) is 10. The first-order valence-corrected chi connectivity index (χ1v) is 35.6. The van der Waals surface area contributed by atoms with E-state index < -0.39 is 23.4 Å². The highest BCUT2D eigenvalue weighted by Crippen LogP contribution is 2.44. The number of hydrogen-bond acceptors (Lipinski definition) is 14. The number of rotatable bonds is 22. The lowest BCUT2D eigenvalue weighted by Gasteiger charge is -2.32. The smallest absolute Gasteiger partial charge is 0.291 e. The molecule has 2 fully saturated rings. The van der Waals surface area contributed by atoms with Crippen molar-refractivity contribution in [1.29, 1.82) is 0 Å². The maximum absolute atomic E-state index is 15.7. The van der Waals surface area contributed by atoms with Gasteiger partial charge in [-0.2, -0.15) is 0 Å². The summed E-state index contributed by atoms with van der Waals surface area (Å²) in [5.41, 5.74) is 8.84. The van der Waals surface area contributed by atoms with E-state index in [9.17, 15) is 28.0 Å². The van der Waals surface area contributed by atoms with Gasteiger partial charge in [-0.15, -0.1) is 0 Å².